The molecule has 0 amide bonds. The Hall–Kier alpha value is -2.46. The molecule has 2 rings (SSSR count). The third kappa shape index (κ3) is 7.62. The number of ether oxygens (including phenoxy) is 2. The molecule has 4 nitrogen and oxygen atoms in total. The molecule has 0 aliphatic carbocycles. The van der Waals surface area contributed by atoms with Gasteiger partial charge in [-0.3, -0.25) is 0 Å². The van der Waals surface area contributed by atoms with Gasteiger partial charge in [0.1, 0.15) is 17.6 Å². The van der Waals surface area contributed by atoms with Crippen LogP contribution in [0.15, 0.2) is 48.5 Å². The van der Waals surface area contributed by atoms with Crippen LogP contribution in [0.25, 0.3) is 0 Å². The van der Waals surface area contributed by atoms with Crippen LogP contribution >= 0.6 is 0 Å². The van der Waals surface area contributed by atoms with E-state index in [1.807, 2.05) is 0 Å². The molecule has 0 aliphatic heterocycles. The smallest absolute Gasteiger partial charge is 0.472 e. The predicted octanol–water partition coefficient (Wildman–Crippen LogP) is 5.30. The number of halogens is 6. The van der Waals surface area contributed by atoms with Gasteiger partial charge in [0.05, 0.1) is 0 Å². The predicted molar refractivity (Wildman–Crippen MR) is 102 cm³/mol. The molecule has 0 fully saturated rings. The van der Waals surface area contributed by atoms with Crippen molar-refractivity contribution in [3.8, 4) is 11.5 Å². The molecule has 0 aliphatic rings. The molecule has 2 aromatic carbocycles. The molecule has 0 saturated carbocycles. The van der Waals surface area contributed by atoms with E-state index in [1.54, 1.807) is 24.3 Å². The van der Waals surface area contributed by atoms with Crippen LogP contribution in [0.2, 0.25) is 0 Å². The Labute approximate surface area is 176 Å². The highest BCUT2D eigenvalue weighted by atomic mass is 19.4. The van der Waals surface area contributed by atoms with Gasteiger partial charge in [-0.2, -0.15) is 18.1 Å². The maximum atomic E-state index is 13.2. The number of aliphatic hydroxyl groups is 1. The van der Waals surface area contributed by atoms with E-state index < -0.39 is 25.0 Å². The lowest BCUT2D eigenvalue weighted by Crippen LogP contribution is -2.51. The van der Waals surface area contributed by atoms with Crippen LogP contribution in [0.1, 0.15) is 24.5 Å². The summed E-state index contributed by atoms with van der Waals surface area (Å²) in [6.07, 6.45) is -11.9. The minimum atomic E-state index is -4.81. The molecule has 0 bridgehead atoms. The van der Waals surface area contributed by atoms with Gasteiger partial charge in [0.15, 0.2) is 6.23 Å². The molecule has 1 N–H and O–H groups in total. The molecular weight excluding hydrogens is 428 g/mol. The first kappa shape index (κ1) is 24.8. The van der Waals surface area contributed by atoms with Gasteiger partial charge in [0, 0.05) is 0 Å². The van der Waals surface area contributed by atoms with Crippen molar-refractivity contribution in [1.82, 2.24) is 4.90 Å². The molecule has 2 atom stereocenters. The zero-order valence-corrected chi connectivity index (χ0v) is 16.9. The molecule has 0 aromatic heterocycles. The van der Waals surface area contributed by atoms with E-state index >= 15 is 0 Å². The van der Waals surface area contributed by atoms with Crippen LogP contribution in [0, 0.1) is 0 Å². The van der Waals surface area contributed by atoms with Crippen LogP contribution in [0.5, 0.6) is 11.5 Å². The molecule has 10 heteroatoms. The van der Waals surface area contributed by atoms with E-state index in [0.717, 1.165) is 7.05 Å². The fourth-order valence-corrected chi connectivity index (χ4v) is 2.89. The van der Waals surface area contributed by atoms with E-state index in [4.69, 9.17) is 4.74 Å². The van der Waals surface area contributed by atoms with Crippen molar-refractivity contribution in [3.63, 3.8) is 0 Å². The number of alkyl halides is 6. The van der Waals surface area contributed by atoms with Gasteiger partial charge in [-0.15, -0.1) is 13.2 Å². The largest absolute Gasteiger partial charge is 0.573 e. The monoisotopic (exact) mass is 451 g/mol. The Morgan fingerprint density at radius 2 is 1.65 bits per heavy atom. The Bertz CT molecular complexity index is 840. The first-order valence-electron chi connectivity index (χ1n) is 9.47. The van der Waals surface area contributed by atoms with E-state index in [2.05, 4.69) is 4.74 Å². The Morgan fingerprint density at radius 3 is 2.26 bits per heavy atom. The fourth-order valence-electron chi connectivity index (χ4n) is 2.89. The average molecular weight is 451 g/mol. The van der Waals surface area contributed by atoms with Crippen molar-refractivity contribution in [2.75, 3.05) is 7.05 Å². The van der Waals surface area contributed by atoms with Crippen LogP contribution < -0.4 is 9.47 Å². The Morgan fingerprint density at radius 1 is 0.968 bits per heavy atom. The van der Waals surface area contributed by atoms with Gasteiger partial charge in [-0.05, 0) is 55.6 Å². The minimum absolute atomic E-state index is 0.00407. The summed E-state index contributed by atoms with van der Waals surface area (Å²) >= 11 is 0. The summed E-state index contributed by atoms with van der Waals surface area (Å²) in [6, 6.07) is 11.9. The molecular formula is C21H23F6NO3. The van der Waals surface area contributed by atoms with Crippen molar-refractivity contribution in [1.29, 1.82) is 0 Å². The Balaban J connectivity index is 2.17. The molecule has 0 heterocycles. The SMILES string of the molecule is CCC(O)C(Oc1ccccc1CCc1cccc(OC(F)(F)F)c1)N(C)C(F)(F)F. The summed E-state index contributed by atoms with van der Waals surface area (Å²) in [4.78, 5) is -0.00407. The van der Waals surface area contributed by atoms with E-state index in [1.165, 1.54) is 31.2 Å². The zero-order valence-electron chi connectivity index (χ0n) is 16.9. The molecule has 0 saturated heterocycles. The summed E-state index contributed by atoms with van der Waals surface area (Å²) in [5, 5.41) is 10.1. The number of likely N-dealkylation sites (N-methyl/N-ethyl adjacent to an activating group) is 1. The lowest BCUT2D eigenvalue weighted by Gasteiger charge is -2.33. The van der Waals surface area contributed by atoms with Gasteiger partial charge in [0.2, 0.25) is 0 Å². The maximum absolute atomic E-state index is 13.2. The van der Waals surface area contributed by atoms with Crippen molar-refractivity contribution in [2.45, 2.75) is 51.2 Å². The first-order chi connectivity index (χ1) is 14.4. The van der Waals surface area contributed by atoms with Crippen LogP contribution in [-0.2, 0) is 12.8 Å². The topological polar surface area (TPSA) is 41.9 Å². The normalized spacial score (nSPS) is 14.4. The van der Waals surface area contributed by atoms with Gasteiger partial charge >= 0.3 is 12.7 Å². The summed E-state index contributed by atoms with van der Waals surface area (Å²) in [5.41, 5.74) is 1.10. The third-order valence-electron chi connectivity index (χ3n) is 4.56. The van der Waals surface area contributed by atoms with Crippen LogP contribution in [0.4, 0.5) is 26.3 Å². The second-order valence-electron chi connectivity index (χ2n) is 6.87. The molecule has 0 radical (unpaired) electrons. The van der Waals surface area contributed by atoms with E-state index in [0.29, 0.717) is 17.5 Å². The highest BCUT2D eigenvalue weighted by Crippen LogP contribution is 2.29. The third-order valence-corrected chi connectivity index (χ3v) is 4.56. The van der Waals surface area contributed by atoms with Gasteiger partial charge in [-0.1, -0.05) is 37.3 Å². The molecule has 31 heavy (non-hydrogen) atoms. The summed E-state index contributed by atoms with van der Waals surface area (Å²) in [7, 11) is 0.790. The number of benzene rings is 2. The summed E-state index contributed by atoms with van der Waals surface area (Å²) < 4.78 is 86.1. The zero-order chi connectivity index (χ0) is 23.2. The van der Waals surface area contributed by atoms with Crippen molar-refractivity contribution >= 4 is 0 Å². The van der Waals surface area contributed by atoms with Crippen molar-refractivity contribution < 1.29 is 40.9 Å². The lowest BCUT2D eigenvalue weighted by atomic mass is 10.0. The molecule has 2 aromatic rings. The second kappa shape index (κ2) is 10.2. The highest BCUT2D eigenvalue weighted by Gasteiger charge is 2.42. The minimum Gasteiger partial charge on any atom is -0.472 e. The number of para-hydroxylation sites is 1. The van der Waals surface area contributed by atoms with Crippen molar-refractivity contribution in [3.05, 3.63) is 59.7 Å². The van der Waals surface area contributed by atoms with Crippen molar-refractivity contribution in [2.24, 2.45) is 0 Å². The molecule has 172 valence electrons. The molecule has 0 spiro atoms. The first-order valence-corrected chi connectivity index (χ1v) is 9.47. The number of rotatable bonds is 9. The molecule has 2 unspecified atom stereocenters. The highest BCUT2D eigenvalue weighted by molar-refractivity contribution is 5.35. The van der Waals surface area contributed by atoms with Gasteiger partial charge < -0.3 is 14.6 Å². The number of nitrogens with zero attached hydrogens (tertiary/aromatic N) is 1. The number of hydrogen-bond acceptors (Lipinski definition) is 4. The quantitative estimate of drug-likeness (QED) is 0.319. The van der Waals surface area contributed by atoms with E-state index in [-0.39, 0.29) is 29.2 Å². The number of hydrogen-bond donors (Lipinski definition) is 1. The van der Waals surface area contributed by atoms with Crippen LogP contribution in [0.3, 0.4) is 0 Å². The summed E-state index contributed by atoms with van der Waals surface area (Å²) in [5.74, 6) is -0.203. The Kier molecular flexibility index (Phi) is 8.19. The van der Waals surface area contributed by atoms with Gasteiger partial charge in [-0.25, -0.2) is 0 Å². The van der Waals surface area contributed by atoms with Gasteiger partial charge in [0.25, 0.3) is 0 Å². The van der Waals surface area contributed by atoms with E-state index in [9.17, 15) is 31.4 Å². The second-order valence-corrected chi connectivity index (χ2v) is 6.87. The average Bonchev–Trinajstić information content (AvgIpc) is 2.68. The number of aryl methyl sites for hydroxylation is 2. The maximum Gasteiger partial charge on any atom is 0.573 e. The fraction of sp³-hybridized carbons (Fsp3) is 0.429. The summed E-state index contributed by atoms with van der Waals surface area (Å²) in [6.45, 7) is 1.53. The van der Waals surface area contributed by atoms with Crippen LogP contribution in [-0.4, -0.2) is 42.0 Å². The number of aliphatic hydroxyl groups excluding tert-OH is 1. The lowest BCUT2D eigenvalue weighted by molar-refractivity contribution is -0.282. The standard InChI is InChI=1S/C21H23F6NO3/c1-3-17(29)19(28(2)20(22,23)24)30-18-10-5-4-8-15(18)12-11-14-7-6-9-16(13-14)31-21(25,26)27/h4-10,13,17,19,29H,3,11-12H2,1-2H3.